The average molecular weight is 964 g/mol. The lowest BCUT2D eigenvalue weighted by molar-refractivity contribution is -0.126. The number of aliphatic hydroxyl groups excluding tert-OH is 1. The molecular formula is C48H65N15O5S. The Hall–Kier alpha value is -5.84. The smallest absolute Gasteiger partial charge is 0.330 e. The van der Waals surface area contributed by atoms with Gasteiger partial charge in [0, 0.05) is 68.1 Å². The standard InChI is InChI=1S/C48H65N15O5S/c1-3-26-69-47-53-43(51-21-18-49)42-44(54-47)63(59-57-42)29-35-10-8-33(9-11-35)7-5-20-52-46(66)37-16-23-60(24-17-37)25-22-50-19-4-6-34-12-14-36(15-13-34)38-30-62(58-56-38)39-27-41(68-40(39)31-64)61-28-32(2)45(65)55-48(61)67/h8-15,28,30,37,39-41,50,64H,3-7,16-27,29,31,49H2,1-2H3,(H,52,66)(H,51,53,54)(H,55,65,67)/t39-,40+,41+/m0/s1. The van der Waals surface area contributed by atoms with E-state index in [1.807, 2.05) is 23.0 Å². The lowest BCUT2D eigenvalue weighted by atomic mass is 9.96. The first-order valence-corrected chi connectivity index (χ1v) is 25.2. The number of hydrogen-bond acceptors (Lipinski definition) is 16. The average Bonchev–Trinajstić information content (AvgIpc) is 4.14. The maximum atomic E-state index is 13.0. The fourth-order valence-electron chi connectivity index (χ4n) is 8.89. The Morgan fingerprint density at radius 1 is 0.928 bits per heavy atom. The number of amides is 1. The lowest BCUT2D eigenvalue weighted by Gasteiger charge is -2.31. The third kappa shape index (κ3) is 12.9. The number of likely N-dealkylation sites (tertiary alicyclic amines) is 1. The number of nitrogens with two attached hydrogens (primary N) is 1. The van der Waals surface area contributed by atoms with Crippen molar-refractivity contribution >= 4 is 34.7 Å². The number of ether oxygens (including phenoxy) is 1. The predicted molar refractivity (Wildman–Crippen MR) is 265 cm³/mol. The Morgan fingerprint density at radius 2 is 1.67 bits per heavy atom. The van der Waals surface area contributed by atoms with Crippen molar-refractivity contribution in [2.75, 3.05) is 70.0 Å². The molecule has 6 heterocycles. The van der Waals surface area contributed by atoms with E-state index in [1.54, 1.807) is 23.4 Å². The molecule has 3 atom stereocenters. The van der Waals surface area contributed by atoms with Gasteiger partial charge in [-0.25, -0.2) is 24.1 Å². The van der Waals surface area contributed by atoms with Gasteiger partial charge in [-0.3, -0.25) is 19.1 Å². The number of nitrogens with one attached hydrogen (secondary N) is 4. The fourth-order valence-corrected chi connectivity index (χ4v) is 9.58. The number of anilines is 1. The van der Waals surface area contributed by atoms with Crippen LogP contribution >= 0.6 is 11.8 Å². The number of aliphatic hydroxyl groups is 1. The molecule has 2 aliphatic rings. The van der Waals surface area contributed by atoms with Crippen LogP contribution in [0.5, 0.6) is 0 Å². The molecule has 0 radical (unpaired) electrons. The van der Waals surface area contributed by atoms with Crippen LogP contribution in [-0.4, -0.2) is 136 Å². The second-order valence-electron chi connectivity index (χ2n) is 17.9. The molecule has 69 heavy (non-hydrogen) atoms. The summed E-state index contributed by atoms with van der Waals surface area (Å²) in [6, 6.07) is 16.5. The molecule has 21 heteroatoms. The molecule has 2 saturated heterocycles. The second-order valence-corrected chi connectivity index (χ2v) is 19.0. The lowest BCUT2D eigenvalue weighted by Crippen LogP contribution is -2.42. The molecule has 7 N–H and O–H groups in total. The number of aromatic nitrogens is 10. The van der Waals surface area contributed by atoms with Crippen molar-refractivity contribution in [1.29, 1.82) is 0 Å². The van der Waals surface area contributed by atoms with Crippen LogP contribution in [0.3, 0.4) is 0 Å². The summed E-state index contributed by atoms with van der Waals surface area (Å²) in [5, 5.41) is 38.3. The number of carbonyl (C=O) groups is 1. The van der Waals surface area contributed by atoms with Crippen LogP contribution in [0.1, 0.15) is 80.0 Å². The zero-order valence-electron chi connectivity index (χ0n) is 39.6. The molecule has 4 aromatic heterocycles. The van der Waals surface area contributed by atoms with E-state index >= 15 is 0 Å². The second kappa shape index (κ2) is 24.1. The van der Waals surface area contributed by atoms with Crippen molar-refractivity contribution in [3.05, 3.63) is 104 Å². The third-order valence-corrected chi connectivity index (χ3v) is 13.9. The Labute approximate surface area is 405 Å². The minimum Gasteiger partial charge on any atom is -0.394 e. The van der Waals surface area contributed by atoms with Crippen LogP contribution in [0.2, 0.25) is 0 Å². The molecule has 0 aliphatic carbocycles. The summed E-state index contributed by atoms with van der Waals surface area (Å²) >= 11 is 1.62. The summed E-state index contributed by atoms with van der Waals surface area (Å²) < 4.78 is 10.9. The Bertz CT molecular complexity index is 2710. The molecule has 368 valence electrons. The van der Waals surface area contributed by atoms with Gasteiger partial charge in [0.15, 0.2) is 22.1 Å². The van der Waals surface area contributed by atoms with Crippen molar-refractivity contribution in [2.24, 2.45) is 11.7 Å². The normalized spacial score (nSPS) is 17.8. The monoisotopic (exact) mass is 964 g/mol. The van der Waals surface area contributed by atoms with E-state index in [0.717, 1.165) is 94.5 Å². The first kappa shape index (κ1) is 49.6. The van der Waals surface area contributed by atoms with Gasteiger partial charge in [0.25, 0.3) is 5.56 Å². The topological polar surface area (TPSA) is 254 Å². The number of thioether (sulfide) groups is 1. The largest absolute Gasteiger partial charge is 0.394 e. The third-order valence-electron chi connectivity index (χ3n) is 12.8. The summed E-state index contributed by atoms with van der Waals surface area (Å²) in [6.07, 6.45) is 8.98. The van der Waals surface area contributed by atoms with Gasteiger partial charge in [-0.1, -0.05) is 77.6 Å². The van der Waals surface area contributed by atoms with E-state index in [0.29, 0.717) is 66.0 Å². The number of fused-ring (bicyclic) bond motifs is 1. The van der Waals surface area contributed by atoms with Gasteiger partial charge in [0.05, 0.1) is 25.4 Å². The molecule has 0 bridgehead atoms. The molecule has 20 nitrogen and oxygen atoms in total. The van der Waals surface area contributed by atoms with Gasteiger partial charge in [0.1, 0.15) is 18.0 Å². The summed E-state index contributed by atoms with van der Waals surface area (Å²) in [4.78, 5) is 51.5. The highest BCUT2D eigenvalue weighted by molar-refractivity contribution is 7.99. The highest BCUT2D eigenvalue weighted by Gasteiger charge is 2.38. The number of H-pyrrole nitrogens is 1. The van der Waals surface area contributed by atoms with Crippen LogP contribution in [0.15, 0.2) is 75.7 Å². The van der Waals surface area contributed by atoms with E-state index < -0.39 is 23.6 Å². The summed E-state index contributed by atoms with van der Waals surface area (Å²) in [6.45, 7) is 10.5. The van der Waals surface area contributed by atoms with Crippen molar-refractivity contribution in [1.82, 2.24) is 65.0 Å². The maximum absolute atomic E-state index is 13.0. The van der Waals surface area contributed by atoms with Crippen LogP contribution < -0.4 is 32.9 Å². The number of benzene rings is 2. The van der Waals surface area contributed by atoms with Crippen LogP contribution in [0, 0.1) is 12.8 Å². The Kier molecular flexibility index (Phi) is 17.3. The molecule has 1 amide bonds. The van der Waals surface area contributed by atoms with Crippen molar-refractivity contribution in [2.45, 2.75) is 95.3 Å². The minimum atomic E-state index is -0.656. The molecule has 2 fully saturated rings. The molecular weight excluding hydrogens is 899 g/mol. The molecule has 0 unspecified atom stereocenters. The van der Waals surface area contributed by atoms with Gasteiger partial charge >= 0.3 is 5.69 Å². The van der Waals surface area contributed by atoms with E-state index in [-0.39, 0.29) is 24.5 Å². The number of piperidine rings is 1. The van der Waals surface area contributed by atoms with Gasteiger partial charge in [-0.05, 0) is 88.2 Å². The first-order valence-electron chi connectivity index (χ1n) is 24.3. The molecule has 0 spiro atoms. The van der Waals surface area contributed by atoms with Crippen LogP contribution in [0.4, 0.5) is 5.82 Å². The van der Waals surface area contributed by atoms with E-state index in [1.165, 1.54) is 21.9 Å². The first-order chi connectivity index (χ1) is 33.7. The number of aromatic amines is 1. The zero-order chi connectivity index (χ0) is 48.1. The summed E-state index contributed by atoms with van der Waals surface area (Å²) in [5.41, 5.74) is 11.7. The molecule has 6 aromatic rings. The van der Waals surface area contributed by atoms with E-state index in [4.69, 9.17) is 15.5 Å². The summed E-state index contributed by atoms with van der Waals surface area (Å²) in [7, 11) is 0. The quantitative estimate of drug-likeness (QED) is 0.0290. The summed E-state index contributed by atoms with van der Waals surface area (Å²) in [5.74, 6) is 1.83. The van der Waals surface area contributed by atoms with Crippen molar-refractivity contribution in [3.8, 4) is 11.3 Å². The predicted octanol–water partition coefficient (Wildman–Crippen LogP) is 3.06. The Morgan fingerprint density at radius 3 is 2.41 bits per heavy atom. The van der Waals surface area contributed by atoms with Gasteiger partial charge in [0.2, 0.25) is 5.91 Å². The van der Waals surface area contributed by atoms with Crippen molar-refractivity contribution in [3.63, 3.8) is 0 Å². The van der Waals surface area contributed by atoms with E-state index in [9.17, 15) is 19.5 Å². The number of hydrogen-bond donors (Lipinski definition) is 6. The fraction of sp³-hybridized carbons (Fsp3) is 0.521. The van der Waals surface area contributed by atoms with Crippen LogP contribution in [-0.2, 0) is 28.9 Å². The molecule has 2 aliphatic heterocycles. The molecule has 8 rings (SSSR count). The molecule has 2 aromatic carbocycles. The Balaban J connectivity index is 0.684. The van der Waals surface area contributed by atoms with Gasteiger partial charge in [-0.15, -0.1) is 10.2 Å². The number of carbonyl (C=O) groups excluding carboxylic acids is 1. The van der Waals surface area contributed by atoms with Gasteiger partial charge in [-0.2, -0.15) is 0 Å². The number of rotatable bonds is 24. The highest BCUT2D eigenvalue weighted by atomic mass is 32.2. The maximum Gasteiger partial charge on any atom is 0.330 e. The highest BCUT2D eigenvalue weighted by Crippen LogP contribution is 2.36. The van der Waals surface area contributed by atoms with Crippen LogP contribution in [0.25, 0.3) is 22.4 Å². The van der Waals surface area contributed by atoms with Crippen molar-refractivity contribution < 1.29 is 14.6 Å². The molecule has 0 saturated carbocycles. The number of nitrogens with zero attached hydrogens (tertiary/aromatic N) is 10. The number of aryl methyl sites for hydroxylation is 3. The minimum absolute atomic E-state index is 0.0691. The zero-order valence-corrected chi connectivity index (χ0v) is 40.4. The van der Waals surface area contributed by atoms with E-state index in [2.05, 4.69) is 94.8 Å². The van der Waals surface area contributed by atoms with Gasteiger partial charge < -0.3 is 36.4 Å². The SMILES string of the molecule is CCCSc1nc(NCCN)c2nnn(Cc3ccc(CCCNC(=O)C4CCN(CCNCCCc5ccc(-c6cn([C@H]7C[C@H](n8cc(C)c(=O)[nH]c8=O)O[C@@H]7CO)nn6)cc5)CC4)cc3)c2n1.